The third kappa shape index (κ3) is 7.92. The first kappa shape index (κ1) is 36.7. The summed E-state index contributed by atoms with van der Waals surface area (Å²) in [4.78, 5) is 26.8. The lowest BCUT2D eigenvalue weighted by Gasteiger charge is -2.58. The van der Waals surface area contributed by atoms with Crippen molar-refractivity contribution in [1.82, 2.24) is 10.2 Å². The SMILES string of the molecule is CC(C)CCC(C)C(C)[C@H]1CCC2C3CC=C4C[C@@H](OC(=O)NCCCCCC(=O)N5CC(O)C(CO)C5)CC[C@]4(C)C3CC[C@@]21C. The molecule has 1 aliphatic heterocycles. The van der Waals surface area contributed by atoms with Crippen molar-refractivity contribution in [1.29, 1.82) is 0 Å². The van der Waals surface area contributed by atoms with E-state index in [2.05, 4.69) is 52.9 Å². The highest BCUT2D eigenvalue weighted by Crippen LogP contribution is 2.67. The number of hydrogen-bond donors (Lipinski definition) is 3. The van der Waals surface area contributed by atoms with Gasteiger partial charge in [-0.05, 0) is 110 Å². The van der Waals surface area contributed by atoms with Gasteiger partial charge in [-0.1, -0.05) is 72.5 Å². The number of hydrogen-bond acceptors (Lipinski definition) is 5. The van der Waals surface area contributed by atoms with Crippen molar-refractivity contribution in [2.45, 2.75) is 144 Å². The van der Waals surface area contributed by atoms with Gasteiger partial charge >= 0.3 is 6.09 Å². The van der Waals surface area contributed by atoms with Crippen molar-refractivity contribution in [3.63, 3.8) is 0 Å². The Morgan fingerprint density at radius 2 is 1.79 bits per heavy atom. The van der Waals surface area contributed by atoms with Gasteiger partial charge in [0.1, 0.15) is 6.10 Å². The Bertz CT molecular complexity index is 1110. The minimum atomic E-state index is -0.630. The van der Waals surface area contributed by atoms with E-state index in [1.54, 1.807) is 10.5 Å². The monoisotopic (exact) mass is 657 g/mol. The lowest BCUT2D eigenvalue weighted by Crippen LogP contribution is -2.51. The van der Waals surface area contributed by atoms with Gasteiger partial charge < -0.3 is 25.2 Å². The molecule has 7 nitrogen and oxygen atoms in total. The molecule has 268 valence electrons. The van der Waals surface area contributed by atoms with Crippen LogP contribution in [0, 0.1) is 58.2 Å². The number of alkyl carbamates (subject to hydrolysis) is 1. The maximum Gasteiger partial charge on any atom is 0.407 e. The zero-order valence-corrected chi connectivity index (χ0v) is 30.6. The molecule has 0 spiro atoms. The summed E-state index contributed by atoms with van der Waals surface area (Å²) in [5.74, 6) is 5.51. The standard InChI is InChI=1S/C40H68N2O5/c1-26(2)11-12-27(3)28(4)33-15-16-34-32-14-13-30-22-31(17-19-39(30,5)35(32)18-20-40(33,34)6)47-38(46)41-21-9-7-8-10-37(45)42-23-29(25-43)36(44)24-42/h13,26-29,31-36,43-44H,7-12,14-25H2,1-6H3,(H,41,46)/t27?,28?,29?,31-,32?,33+,34?,35?,36?,39-,40+/m0/s1. The van der Waals surface area contributed by atoms with Gasteiger partial charge in [0.25, 0.3) is 0 Å². The van der Waals surface area contributed by atoms with Gasteiger partial charge in [0.2, 0.25) is 5.91 Å². The number of unbranched alkanes of at least 4 members (excludes halogenated alkanes) is 2. The highest BCUT2D eigenvalue weighted by molar-refractivity contribution is 5.76. The number of carbonyl (C=O) groups excluding carboxylic acids is 2. The molecule has 4 fully saturated rings. The average molecular weight is 657 g/mol. The Labute approximate surface area is 286 Å². The van der Waals surface area contributed by atoms with Crippen LogP contribution >= 0.6 is 0 Å². The number of aliphatic hydroxyl groups is 2. The minimum absolute atomic E-state index is 0.0337. The third-order valence-electron chi connectivity index (χ3n) is 14.5. The van der Waals surface area contributed by atoms with Crippen LogP contribution in [0.2, 0.25) is 0 Å². The zero-order chi connectivity index (χ0) is 33.9. The molecule has 1 heterocycles. The summed E-state index contributed by atoms with van der Waals surface area (Å²) in [6.45, 7) is 16.2. The molecule has 47 heavy (non-hydrogen) atoms. The summed E-state index contributed by atoms with van der Waals surface area (Å²) >= 11 is 0. The molecule has 11 atom stereocenters. The van der Waals surface area contributed by atoms with E-state index in [0.717, 1.165) is 80.0 Å². The van der Waals surface area contributed by atoms with E-state index in [0.29, 0.717) is 31.5 Å². The average Bonchev–Trinajstić information content (AvgIpc) is 3.60. The van der Waals surface area contributed by atoms with Crippen molar-refractivity contribution >= 4 is 12.0 Å². The number of rotatable bonds is 13. The maximum atomic E-state index is 12.7. The number of fused-ring (bicyclic) bond motifs is 5. The van der Waals surface area contributed by atoms with Crippen LogP contribution in [0.4, 0.5) is 4.79 Å². The van der Waals surface area contributed by atoms with Crippen LogP contribution in [0.25, 0.3) is 0 Å². The fourth-order valence-corrected chi connectivity index (χ4v) is 11.2. The van der Waals surface area contributed by atoms with Crippen molar-refractivity contribution in [3.05, 3.63) is 11.6 Å². The predicted molar refractivity (Wildman–Crippen MR) is 187 cm³/mol. The van der Waals surface area contributed by atoms with E-state index in [4.69, 9.17) is 4.74 Å². The highest BCUT2D eigenvalue weighted by atomic mass is 16.6. The maximum absolute atomic E-state index is 12.7. The molecule has 0 aromatic carbocycles. The smallest absolute Gasteiger partial charge is 0.407 e. The molecule has 3 N–H and O–H groups in total. The van der Waals surface area contributed by atoms with Gasteiger partial charge in [0, 0.05) is 38.4 Å². The zero-order valence-electron chi connectivity index (χ0n) is 30.6. The predicted octanol–water partition coefficient (Wildman–Crippen LogP) is 7.74. The van der Waals surface area contributed by atoms with Gasteiger partial charge in [-0.25, -0.2) is 4.79 Å². The Hall–Kier alpha value is -1.60. The summed E-state index contributed by atoms with van der Waals surface area (Å²) in [6.07, 6.45) is 16.9. The van der Waals surface area contributed by atoms with Gasteiger partial charge in [-0.3, -0.25) is 4.79 Å². The highest BCUT2D eigenvalue weighted by Gasteiger charge is 2.59. The summed E-state index contributed by atoms with van der Waals surface area (Å²) in [5.41, 5.74) is 2.29. The van der Waals surface area contributed by atoms with E-state index in [1.807, 2.05) is 0 Å². The van der Waals surface area contributed by atoms with Gasteiger partial charge in [-0.2, -0.15) is 0 Å². The Balaban J connectivity index is 1.05. The summed E-state index contributed by atoms with van der Waals surface area (Å²) in [6, 6.07) is 0. The van der Waals surface area contributed by atoms with E-state index < -0.39 is 6.10 Å². The number of β-amino-alcohol motifs (C(OH)–C–C–N with tert-alkyl or cyclic N) is 1. The number of aliphatic hydroxyl groups excluding tert-OH is 2. The number of likely N-dealkylation sites (tertiary alicyclic amines) is 1. The Kier molecular flexibility index (Phi) is 12.1. The quantitative estimate of drug-likeness (QED) is 0.139. The number of allylic oxidation sites excluding steroid dienone is 1. The summed E-state index contributed by atoms with van der Waals surface area (Å²) < 4.78 is 5.95. The number of nitrogens with zero attached hydrogens (tertiary/aromatic N) is 1. The second-order valence-electron chi connectivity index (χ2n) is 17.6. The second kappa shape index (κ2) is 15.5. The number of amides is 2. The summed E-state index contributed by atoms with van der Waals surface area (Å²) in [5, 5.41) is 22.2. The van der Waals surface area contributed by atoms with E-state index in [1.165, 1.54) is 44.9 Å². The van der Waals surface area contributed by atoms with Crippen molar-refractivity contribution in [2.24, 2.45) is 58.2 Å². The number of carbonyl (C=O) groups is 2. The van der Waals surface area contributed by atoms with Crippen LogP contribution in [-0.4, -0.2) is 65.6 Å². The number of ether oxygens (including phenoxy) is 1. The third-order valence-corrected chi connectivity index (χ3v) is 14.5. The molecular weight excluding hydrogens is 588 g/mol. The van der Waals surface area contributed by atoms with Crippen molar-refractivity contribution < 1.29 is 24.5 Å². The van der Waals surface area contributed by atoms with E-state index in [9.17, 15) is 19.8 Å². The van der Waals surface area contributed by atoms with Crippen LogP contribution in [0.1, 0.15) is 131 Å². The molecule has 7 unspecified atom stereocenters. The van der Waals surface area contributed by atoms with Crippen molar-refractivity contribution in [2.75, 3.05) is 26.2 Å². The van der Waals surface area contributed by atoms with Gasteiger partial charge in [0.05, 0.1) is 12.7 Å². The van der Waals surface area contributed by atoms with Crippen LogP contribution in [0.3, 0.4) is 0 Å². The molecule has 0 aromatic heterocycles. The first-order chi connectivity index (χ1) is 22.4. The molecular formula is C40H68N2O5. The second-order valence-corrected chi connectivity index (χ2v) is 17.6. The molecule has 5 aliphatic rings. The Morgan fingerprint density at radius 1 is 1.00 bits per heavy atom. The van der Waals surface area contributed by atoms with Crippen LogP contribution in [0.15, 0.2) is 11.6 Å². The minimum Gasteiger partial charge on any atom is -0.446 e. The first-order valence-corrected chi connectivity index (χ1v) is 19.6. The fraction of sp³-hybridized carbons (Fsp3) is 0.900. The van der Waals surface area contributed by atoms with Gasteiger partial charge in [-0.15, -0.1) is 0 Å². The van der Waals surface area contributed by atoms with Crippen LogP contribution < -0.4 is 5.32 Å². The first-order valence-electron chi connectivity index (χ1n) is 19.6. The Morgan fingerprint density at radius 3 is 2.51 bits per heavy atom. The topological polar surface area (TPSA) is 99.1 Å². The molecule has 0 aromatic rings. The largest absolute Gasteiger partial charge is 0.446 e. The fourth-order valence-electron chi connectivity index (χ4n) is 11.2. The van der Waals surface area contributed by atoms with E-state index in [-0.39, 0.29) is 36.0 Å². The summed E-state index contributed by atoms with van der Waals surface area (Å²) in [7, 11) is 0. The number of nitrogens with one attached hydrogen (secondary N) is 1. The van der Waals surface area contributed by atoms with Crippen LogP contribution in [-0.2, 0) is 9.53 Å². The van der Waals surface area contributed by atoms with Gasteiger partial charge in [0.15, 0.2) is 0 Å². The van der Waals surface area contributed by atoms with E-state index >= 15 is 0 Å². The normalized spacial score (nSPS) is 37.9. The molecule has 7 heteroatoms. The lowest BCUT2D eigenvalue weighted by molar-refractivity contribution is -0.130. The molecule has 0 bridgehead atoms. The molecule has 3 saturated carbocycles. The molecule has 0 radical (unpaired) electrons. The lowest BCUT2D eigenvalue weighted by atomic mass is 9.46. The molecule has 1 saturated heterocycles. The van der Waals surface area contributed by atoms with Crippen molar-refractivity contribution in [3.8, 4) is 0 Å². The molecule has 5 rings (SSSR count). The molecule has 2 amide bonds. The molecule has 4 aliphatic carbocycles. The van der Waals surface area contributed by atoms with Crippen LogP contribution in [0.5, 0.6) is 0 Å².